The molecule has 0 radical (unpaired) electrons. The summed E-state index contributed by atoms with van der Waals surface area (Å²) in [6, 6.07) is 0. The molecule has 1 aliphatic heterocycles. The van der Waals surface area contributed by atoms with Crippen molar-refractivity contribution in [3.8, 4) is 0 Å². The van der Waals surface area contributed by atoms with Crippen LogP contribution < -0.4 is 0 Å². The smallest absolute Gasteiger partial charge is 0.104 e. The van der Waals surface area contributed by atoms with Crippen molar-refractivity contribution in [3.05, 3.63) is 0 Å². The van der Waals surface area contributed by atoms with Gasteiger partial charge in [0.05, 0.1) is 0 Å². The average molecular weight is 156 g/mol. The number of rotatable bonds is 1. The SMILES string of the molecule is CC(O)N1CCC=NCCC1. The van der Waals surface area contributed by atoms with E-state index in [0.29, 0.717) is 0 Å². The molecule has 0 fully saturated rings. The summed E-state index contributed by atoms with van der Waals surface area (Å²) < 4.78 is 0. The van der Waals surface area contributed by atoms with Crippen molar-refractivity contribution >= 4 is 6.21 Å². The van der Waals surface area contributed by atoms with Gasteiger partial charge in [0.1, 0.15) is 6.23 Å². The van der Waals surface area contributed by atoms with Crippen molar-refractivity contribution in [1.82, 2.24) is 4.90 Å². The maximum Gasteiger partial charge on any atom is 0.104 e. The van der Waals surface area contributed by atoms with Gasteiger partial charge < -0.3 is 5.11 Å². The zero-order chi connectivity index (χ0) is 8.10. The monoisotopic (exact) mass is 156 g/mol. The minimum Gasteiger partial charge on any atom is -0.379 e. The van der Waals surface area contributed by atoms with Gasteiger partial charge in [-0.15, -0.1) is 0 Å². The number of aliphatic hydroxyl groups is 1. The summed E-state index contributed by atoms with van der Waals surface area (Å²) in [5.41, 5.74) is 0. The van der Waals surface area contributed by atoms with Crippen LogP contribution in [0.1, 0.15) is 19.8 Å². The van der Waals surface area contributed by atoms with Gasteiger partial charge in [-0.2, -0.15) is 0 Å². The van der Waals surface area contributed by atoms with Crippen molar-refractivity contribution in [2.75, 3.05) is 19.6 Å². The first-order valence-corrected chi connectivity index (χ1v) is 4.21. The minimum absolute atomic E-state index is 0.304. The lowest BCUT2D eigenvalue weighted by molar-refractivity contribution is 0.0199. The Balaban J connectivity index is 2.35. The molecule has 1 unspecified atom stereocenters. The van der Waals surface area contributed by atoms with Crippen LogP contribution in [0.5, 0.6) is 0 Å². The molecule has 1 heterocycles. The average Bonchev–Trinajstić information content (AvgIpc) is 1.84. The Morgan fingerprint density at radius 1 is 1.55 bits per heavy atom. The van der Waals surface area contributed by atoms with Crippen LogP contribution in [0, 0.1) is 0 Å². The lowest BCUT2D eigenvalue weighted by atomic mass is 10.3. The molecule has 1 N–H and O–H groups in total. The molecule has 0 aromatic carbocycles. The van der Waals surface area contributed by atoms with Gasteiger partial charge in [-0.1, -0.05) is 0 Å². The van der Waals surface area contributed by atoms with Gasteiger partial charge in [-0.25, -0.2) is 0 Å². The first-order valence-electron chi connectivity index (χ1n) is 4.21. The number of aliphatic hydroxyl groups excluding tert-OH is 1. The third-order valence-corrected chi connectivity index (χ3v) is 1.94. The van der Waals surface area contributed by atoms with Crippen LogP contribution in [0.25, 0.3) is 0 Å². The van der Waals surface area contributed by atoms with Gasteiger partial charge >= 0.3 is 0 Å². The third-order valence-electron chi connectivity index (χ3n) is 1.94. The highest BCUT2D eigenvalue weighted by Gasteiger charge is 2.09. The summed E-state index contributed by atoms with van der Waals surface area (Å²) in [4.78, 5) is 6.27. The van der Waals surface area contributed by atoms with Gasteiger partial charge in [0.25, 0.3) is 0 Å². The maximum atomic E-state index is 9.28. The van der Waals surface area contributed by atoms with Gasteiger partial charge in [0.15, 0.2) is 0 Å². The van der Waals surface area contributed by atoms with E-state index in [4.69, 9.17) is 0 Å². The molecule has 0 aromatic heterocycles. The summed E-state index contributed by atoms with van der Waals surface area (Å²) in [6.07, 6.45) is 3.67. The quantitative estimate of drug-likeness (QED) is 0.600. The van der Waals surface area contributed by atoms with E-state index >= 15 is 0 Å². The Bertz CT molecular complexity index is 134. The van der Waals surface area contributed by atoms with Gasteiger partial charge in [-0.05, 0) is 26.0 Å². The van der Waals surface area contributed by atoms with Gasteiger partial charge in [0, 0.05) is 19.6 Å². The second-order valence-electron chi connectivity index (χ2n) is 2.90. The van der Waals surface area contributed by atoms with Crippen LogP contribution in [0.3, 0.4) is 0 Å². The fourth-order valence-electron chi connectivity index (χ4n) is 1.26. The van der Waals surface area contributed by atoms with E-state index in [2.05, 4.69) is 9.89 Å². The molecule has 0 amide bonds. The Hall–Kier alpha value is -0.410. The molecule has 0 spiro atoms. The van der Waals surface area contributed by atoms with E-state index in [1.54, 1.807) is 0 Å². The number of aliphatic imine (C=N–C) groups is 1. The molecule has 3 nitrogen and oxygen atoms in total. The standard InChI is InChI=1S/C8H16N2O/c1-8(11)10-6-2-4-9-5-3-7-10/h4,8,11H,2-3,5-7H2,1H3. The Labute approximate surface area is 67.7 Å². The van der Waals surface area contributed by atoms with Crippen LogP contribution in [0.4, 0.5) is 0 Å². The fraction of sp³-hybridized carbons (Fsp3) is 0.875. The van der Waals surface area contributed by atoms with E-state index in [1.807, 2.05) is 13.1 Å². The molecule has 0 saturated heterocycles. The zero-order valence-corrected chi connectivity index (χ0v) is 7.03. The van der Waals surface area contributed by atoms with E-state index in [1.165, 1.54) is 0 Å². The predicted octanol–water partition coefficient (Wildman–Crippen LogP) is 0.491. The van der Waals surface area contributed by atoms with E-state index in [-0.39, 0.29) is 6.23 Å². The second kappa shape index (κ2) is 4.46. The predicted molar refractivity (Wildman–Crippen MR) is 45.8 cm³/mol. The van der Waals surface area contributed by atoms with Crippen molar-refractivity contribution < 1.29 is 5.11 Å². The molecule has 1 aliphatic rings. The molecular weight excluding hydrogens is 140 g/mol. The lowest BCUT2D eigenvalue weighted by Crippen LogP contribution is -2.35. The number of hydrogen-bond donors (Lipinski definition) is 1. The maximum absolute atomic E-state index is 9.28. The van der Waals surface area contributed by atoms with E-state index < -0.39 is 0 Å². The topological polar surface area (TPSA) is 35.8 Å². The highest BCUT2D eigenvalue weighted by Crippen LogP contribution is 2.01. The molecule has 0 bridgehead atoms. The zero-order valence-electron chi connectivity index (χ0n) is 7.03. The largest absolute Gasteiger partial charge is 0.379 e. The van der Waals surface area contributed by atoms with Crippen LogP contribution in [-0.2, 0) is 0 Å². The molecule has 3 heteroatoms. The molecular formula is C8H16N2O. The Morgan fingerprint density at radius 3 is 3.09 bits per heavy atom. The van der Waals surface area contributed by atoms with Crippen molar-refractivity contribution in [2.24, 2.45) is 4.99 Å². The fourth-order valence-corrected chi connectivity index (χ4v) is 1.26. The van der Waals surface area contributed by atoms with Crippen molar-refractivity contribution in [2.45, 2.75) is 26.0 Å². The van der Waals surface area contributed by atoms with Crippen LogP contribution in [0.15, 0.2) is 4.99 Å². The Kier molecular flexibility index (Phi) is 3.52. The lowest BCUT2D eigenvalue weighted by Gasteiger charge is -2.25. The molecule has 11 heavy (non-hydrogen) atoms. The summed E-state index contributed by atoms with van der Waals surface area (Å²) >= 11 is 0. The molecule has 64 valence electrons. The minimum atomic E-state index is -0.304. The number of hydrogen-bond acceptors (Lipinski definition) is 3. The first kappa shape index (κ1) is 8.68. The van der Waals surface area contributed by atoms with Crippen molar-refractivity contribution in [3.63, 3.8) is 0 Å². The van der Waals surface area contributed by atoms with E-state index in [0.717, 1.165) is 32.5 Å². The highest BCUT2D eigenvalue weighted by atomic mass is 16.3. The normalized spacial score (nSPS) is 24.2. The van der Waals surface area contributed by atoms with Crippen LogP contribution in [0.2, 0.25) is 0 Å². The van der Waals surface area contributed by atoms with E-state index in [9.17, 15) is 5.11 Å². The van der Waals surface area contributed by atoms with Crippen LogP contribution >= 0.6 is 0 Å². The molecule has 0 aliphatic carbocycles. The summed E-state index contributed by atoms with van der Waals surface area (Å²) in [5.74, 6) is 0. The molecule has 1 atom stereocenters. The summed E-state index contributed by atoms with van der Waals surface area (Å²) in [5, 5.41) is 9.28. The third kappa shape index (κ3) is 2.99. The molecule has 0 saturated carbocycles. The summed E-state index contributed by atoms with van der Waals surface area (Å²) in [6.45, 7) is 4.62. The molecule has 1 rings (SSSR count). The Morgan fingerprint density at radius 2 is 2.36 bits per heavy atom. The summed E-state index contributed by atoms with van der Waals surface area (Å²) in [7, 11) is 0. The highest BCUT2D eigenvalue weighted by molar-refractivity contribution is 5.57. The van der Waals surface area contributed by atoms with Crippen molar-refractivity contribution in [1.29, 1.82) is 0 Å². The molecule has 0 aromatic rings. The number of nitrogens with zero attached hydrogens (tertiary/aromatic N) is 2. The van der Waals surface area contributed by atoms with Gasteiger partial charge in [-0.3, -0.25) is 9.89 Å². The second-order valence-corrected chi connectivity index (χ2v) is 2.90. The first-order chi connectivity index (χ1) is 5.30. The van der Waals surface area contributed by atoms with Gasteiger partial charge in [0.2, 0.25) is 0 Å². The van der Waals surface area contributed by atoms with Crippen LogP contribution in [-0.4, -0.2) is 42.1 Å².